The quantitative estimate of drug-likeness (QED) is 0.407. The van der Waals surface area contributed by atoms with Gasteiger partial charge in [0.05, 0.1) is 18.3 Å². The number of methoxy groups -OCH3 is 1. The van der Waals surface area contributed by atoms with Crippen molar-refractivity contribution in [1.82, 2.24) is 14.4 Å². The maximum atomic E-state index is 6.06. The van der Waals surface area contributed by atoms with E-state index in [2.05, 4.69) is 88.1 Å². The fraction of sp³-hybridized carbons (Fsp3) is 0.286. The van der Waals surface area contributed by atoms with Crippen LogP contribution >= 0.6 is 0 Å². The number of aromatic nitrogens is 1. The highest BCUT2D eigenvalue weighted by molar-refractivity contribution is 5.90. The predicted octanol–water partition coefficient (Wildman–Crippen LogP) is 4.93. The first-order valence-corrected chi connectivity index (χ1v) is 11.6. The third-order valence-electron chi connectivity index (χ3n) is 6.45. The second-order valence-corrected chi connectivity index (χ2v) is 8.64. The Hall–Kier alpha value is -3.28. The molecule has 2 heterocycles. The third-order valence-corrected chi connectivity index (χ3v) is 6.45. The summed E-state index contributed by atoms with van der Waals surface area (Å²) in [7, 11) is 3.89. The lowest BCUT2D eigenvalue weighted by atomic mass is 10.1. The van der Waals surface area contributed by atoms with Crippen LogP contribution in [0.4, 0.5) is 0 Å². The number of fused-ring (bicyclic) bond motifs is 1. The molecule has 0 amide bonds. The molecule has 1 aliphatic rings. The number of nitrogens with zero attached hydrogens (tertiary/aromatic N) is 3. The monoisotopic (exact) mass is 441 g/mol. The van der Waals surface area contributed by atoms with Crippen molar-refractivity contribution < 1.29 is 9.47 Å². The van der Waals surface area contributed by atoms with Gasteiger partial charge >= 0.3 is 0 Å². The summed E-state index contributed by atoms with van der Waals surface area (Å²) in [6.07, 6.45) is 0. The molecule has 0 unspecified atom stereocenters. The lowest BCUT2D eigenvalue weighted by Crippen LogP contribution is -2.45. The molecule has 1 fully saturated rings. The summed E-state index contributed by atoms with van der Waals surface area (Å²) in [5, 5.41) is 1.15. The zero-order chi connectivity index (χ0) is 22.6. The Morgan fingerprint density at radius 3 is 2.24 bits per heavy atom. The Balaban J connectivity index is 1.38. The van der Waals surface area contributed by atoms with Gasteiger partial charge in [-0.05, 0) is 61.1 Å². The molecule has 5 heteroatoms. The lowest BCUT2D eigenvalue weighted by molar-refractivity contribution is 0.134. The zero-order valence-electron chi connectivity index (χ0n) is 19.4. The summed E-state index contributed by atoms with van der Waals surface area (Å²) in [4.78, 5) is 4.85. The van der Waals surface area contributed by atoms with Gasteiger partial charge in [-0.1, -0.05) is 30.3 Å². The summed E-state index contributed by atoms with van der Waals surface area (Å²) in [6, 6.07) is 27.4. The summed E-state index contributed by atoms with van der Waals surface area (Å²) >= 11 is 0. The smallest absolute Gasteiger partial charge is 0.119 e. The zero-order valence-corrected chi connectivity index (χ0v) is 19.4. The van der Waals surface area contributed by atoms with E-state index in [1.54, 1.807) is 7.11 Å². The molecule has 0 atom stereocenters. The van der Waals surface area contributed by atoms with E-state index in [0.717, 1.165) is 66.5 Å². The topological polar surface area (TPSA) is 29.9 Å². The minimum absolute atomic E-state index is 0.713. The van der Waals surface area contributed by atoms with Gasteiger partial charge in [0.25, 0.3) is 0 Å². The normalized spacial score (nSPS) is 15.1. The van der Waals surface area contributed by atoms with E-state index < -0.39 is 0 Å². The van der Waals surface area contributed by atoms with E-state index in [1.165, 1.54) is 5.56 Å². The van der Waals surface area contributed by atoms with Crippen molar-refractivity contribution in [2.75, 3.05) is 53.5 Å². The van der Waals surface area contributed by atoms with Crippen molar-refractivity contribution in [1.29, 1.82) is 0 Å². The Bertz CT molecular complexity index is 1190. The molecular weight excluding hydrogens is 410 g/mol. The molecule has 0 N–H and O–H groups in total. The summed E-state index contributed by atoms with van der Waals surface area (Å²) in [6.45, 7) is 6.19. The van der Waals surface area contributed by atoms with E-state index in [4.69, 9.17) is 9.47 Å². The first-order valence-electron chi connectivity index (χ1n) is 11.6. The van der Waals surface area contributed by atoms with Crippen LogP contribution in [0.15, 0.2) is 78.9 Å². The van der Waals surface area contributed by atoms with Gasteiger partial charge in [-0.2, -0.15) is 0 Å². The average Bonchev–Trinajstić information content (AvgIpc) is 3.25. The van der Waals surface area contributed by atoms with Gasteiger partial charge in [0, 0.05) is 43.8 Å². The highest BCUT2D eigenvalue weighted by atomic mass is 16.5. The number of likely N-dealkylation sites (N-methyl/N-ethyl adjacent to an activating group) is 1. The molecule has 5 rings (SSSR count). The maximum absolute atomic E-state index is 6.06. The molecule has 1 aliphatic heterocycles. The van der Waals surface area contributed by atoms with Gasteiger partial charge < -0.3 is 18.9 Å². The van der Waals surface area contributed by atoms with Crippen LogP contribution in [-0.2, 0) is 0 Å². The van der Waals surface area contributed by atoms with E-state index in [0.29, 0.717) is 6.61 Å². The average molecular weight is 442 g/mol. The van der Waals surface area contributed by atoms with Crippen LogP contribution in [0.3, 0.4) is 0 Å². The fourth-order valence-corrected chi connectivity index (χ4v) is 4.48. The van der Waals surface area contributed by atoms with E-state index >= 15 is 0 Å². The van der Waals surface area contributed by atoms with Crippen LogP contribution in [0, 0.1) is 0 Å². The molecule has 4 aromatic rings. The summed E-state index contributed by atoms with van der Waals surface area (Å²) in [5.41, 5.74) is 4.60. The predicted molar refractivity (Wildman–Crippen MR) is 135 cm³/mol. The number of piperazine rings is 1. The van der Waals surface area contributed by atoms with Gasteiger partial charge in [-0.3, -0.25) is 4.90 Å². The minimum atomic E-state index is 0.713. The van der Waals surface area contributed by atoms with E-state index in [9.17, 15) is 0 Å². The van der Waals surface area contributed by atoms with Crippen molar-refractivity contribution in [3.63, 3.8) is 0 Å². The molecule has 33 heavy (non-hydrogen) atoms. The molecule has 0 saturated carbocycles. The molecule has 1 saturated heterocycles. The molecule has 0 aliphatic carbocycles. The summed E-state index contributed by atoms with van der Waals surface area (Å²) in [5.74, 6) is 1.77. The number of ether oxygens (including phenoxy) is 2. The van der Waals surface area contributed by atoms with Crippen LogP contribution in [0.25, 0.3) is 27.8 Å². The van der Waals surface area contributed by atoms with Crippen LogP contribution in [-0.4, -0.2) is 67.9 Å². The number of hydrogen-bond acceptors (Lipinski definition) is 4. The molecule has 3 aromatic carbocycles. The molecule has 170 valence electrons. The van der Waals surface area contributed by atoms with Crippen molar-refractivity contribution in [3.05, 3.63) is 78.9 Å². The third kappa shape index (κ3) is 4.75. The Morgan fingerprint density at radius 2 is 1.52 bits per heavy atom. The standard InChI is InChI=1S/C28H31N3O2/c1-29-14-16-30(17-15-29)18-19-33-25-10-8-24(9-11-25)31-27-13-12-26(32-2)20-23(27)21-28(31)22-6-4-3-5-7-22/h3-13,20-21H,14-19H2,1-2H3. The second kappa shape index (κ2) is 9.69. The molecule has 0 bridgehead atoms. The second-order valence-electron chi connectivity index (χ2n) is 8.64. The summed E-state index contributed by atoms with van der Waals surface area (Å²) < 4.78 is 13.8. The molecule has 0 radical (unpaired) electrons. The van der Waals surface area contributed by atoms with Gasteiger partial charge in [0.1, 0.15) is 18.1 Å². The van der Waals surface area contributed by atoms with Crippen LogP contribution in [0.5, 0.6) is 11.5 Å². The van der Waals surface area contributed by atoms with Crippen molar-refractivity contribution in [2.24, 2.45) is 0 Å². The van der Waals surface area contributed by atoms with E-state index in [1.807, 2.05) is 12.1 Å². The van der Waals surface area contributed by atoms with Crippen molar-refractivity contribution >= 4 is 10.9 Å². The van der Waals surface area contributed by atoms with Gasteiger partial charge in [-0.25, -0.2) is 0 Å². The molecule has 1 aromatic heterocycles. The number of benzene rings is 3. The first-order chi connectivity index (χ1) is 16.2. The maximum Gasteiger partial charge on any atom is 0.119 e. The largest absolute Gasteiger partial charge is 0.497 e. The van der Waals surface area contributed by atoms with Crippen LogP contribution in [0.1, 0.15) is 0 Å². The van der Waals surface area contributed by atoms with Crippen molar-refractivity contribution in [3.8, 4) is 28.4 Å². The van der Waals surface area contributed by atoms with E-state index in [-0.39, 0.29) is 0 Å². The van der Waals surface area contributed by atoms with Gasteiger partial charge in [0.2, 0.25) is 0 Å². The Kier molecular flexibility index (Phi) is 6.33. The Labute approximate surface area is 195 Å². The Morgan fingerprint density at radius 1 is 0.788 bits per heavy atom. The highest BCUT2D eigenvalue weighted by Crippen LogP contribution is 2.33. The molecule has 0 spiro atoms. The fourth-order valence-electron chi connectivity index (χ4n) is 4.48. The van der Waals surface area contributed by atoms with Crippen LogP contribution in [0.2, 0.25) is 0 Å². The van der Waals surface area contributed by atoms with Crippen LogP contribution < -0.4 is 9.47 Å². The first kappa shape index (κ1) is 21.6. The van der Waals surface area contributed by atoms with Gasteiger partial charge in [-0.15, -0.1) is 0 Å². The minimum Gasteiger partial charge on any atom is -0.497 e. The highest BCUT2D eigenvalue weighted by Gasteiger charge is 2.15. The van der Waals surface area contributed by atoms with Gasteiger partial charge in [0.15, 0.2) is 0 Å². The van der Waals surface area contributed by atoms with Crippen molar-refractivity contribution in [2.45, 2.75) is 0 Å². The number of rotatable bonds is 7. The molecular formula is C28H31N3O2. The lowest BCUT2D eigenvalue weighted by Gasteiger charge is -2.32. The SMILES string of the molecule is COc1ccc2c(c1)cc(-c1ccccc1)n2-c1ccc(OCCN2CCN(C)CC2)cc1. The molecule has 5 nitrogen and oxygen atoms in total. The number of hydrogen-bond donors (Lipinski definition) is 0.